The molecular formula is C33H36F3N7O4. The van der Waals surface area contributed by atoms with Crippen LogP contribution < -0.4 is 14.8 Å². The second-order valence-corrected chi connectivity index (χ2v) is 12.0. The lowest BCUT2D eigenvalue weighted by atomic mass is 10.1. The molecule has 14 heteroatoms. The number of carbonyl (C=O) groups excluding carboxylic acids is 1. The highest BCUT2D eigenvalue weighted by atomic mass is 19.4. The number of benzene rings is 1. The molecule has 1 aromatic carbocycles. The van der Waals surface area contributed by atoms with Crippen LogP contribution in [0.4, 0.5) is 19.0 Å². The highest BCUT2D eigenvalue weighted by molar-refractivity contribution is 5.88. The summed E-state index contributed by atoms with van der Waals surface area (Å²) in [6, 6.07) is 5.18. The summed E-state index contributed by atoms with van der Waals surface area (Å²) in [4.78, 5) is 34.5. The van der Waals surface area contributed by atoms with Crippen LogP contribution in [0.3, 0.4) is 0 Å². The molecule has 0 spiro atoms. The molecule has 5 rings (SSSR count). The Morgan fingerprint density at radius 1 is 1.13 bits per heavy atom. The van der Waals surface area contributed by atoms with Crippen LogP contribution >= 0.6 is 0 Å². The Morgan fingerprint density at radius 2 is 1.89 bits per heavy atom. The summed E-state index contributed by atoms with van der Waals surface area (Å²) >= 11 is 0. The minimum absolute atomic E-state index is 0.126. The van der Waals surface area contributed by atoms with Crippen LogP contribution in [-0.2, 0) is 29.3 Å². The number of nitrogens with one attached hydrogen (secondary N) is 1. The highest BCUT2D eigenvalue weighted by Crippen LogP contribution is 2.45. The van der Waals surface area contributed by atoms with Gasteiger partial charge in [0.15, 0.2) is 11.5 Å². The summed E-state index contributed by atoms with van der Waals surface area (Å²) in [5, 5.41) is 3.32. The van der Waals surface area contributed by atoms with E-state index < -0.39 is 23.4 Å². The topological polar surface area (TPSA) is 126 Å². The lowest BCUT2D eigenvalue weighted by Gasteiger charge is -2.18. The van der Waals surface area contributed by atoms with Gasteiger partial charge in [-0.3, -0.25) is 0 Å². The van der Waals surface area contributed by atoms with Gasteiger partial charge in [0, 0.05) is 43.5 Å². The quantitative estimate of drug-likeness (QED) is 0.140. The average molecular weight is 652 g/mol. The number of aromatic nitrogens is 6. The molecule has 47 heavy (non-hydrogen) atoms. The molecule has 0 amide bonds. The van der Waals surface area contributed by atoms with Crippen molar-refractivity contribution < 1.29 is 32.2 Å². The van der Waals surface area contributed by atoms with E-state index in [4.69, 9.17) is 19.2 Å². The number of imidazole rings is 1. The van der Waals surface area contributed by atoms with Gasteiger partial charge < -0.3 is 24.1 Å². The molecule has 1 aliphatic rings. The monoisotopic (exact) mass is 651 g/mol. The van der Waals surface area contributed by atoms with E-state index in [9.17, 15) is 18.0 Å². The second-order valence-electron chi connectivity index (χ2n) is 12.0. The first-order chi connectivity index (χ1) is 22.3. The van der Waals surface area contributed by atoms with Gasteiger partial charge in [-0.1, -0.05) is 6.07 Å². The third-order valence-electron chi connectivity index (χ3n) is 7.06. The van der Waals surface area contributed by atoms with Crippen molar-refractivity contribution in [2.45, 2.75) is 64.8 Å². The standard InChI is InChI=1S/C33H36F3N7O4/c1-7-46-23-14-19(8-12-22(23)30-41-24(17-43(30)5)33(34,35)36)15-37-28-21(11-13-25(44)47-32(2,3)4)16-38-29(42-28)26-27(20-9-10-20)39-18-40-31(26)45-6/h8,11-14,16-18,20H,7,9-10,15H2,1-6H3,(H,37,38,42)/b13-11+. The van der Waals surface area contributed by atoms with Crippen molar-refractivity contribution in [2.24, 2.45) is 7.05 Å². The lowest BCUT2D eigenvalue weighted by Crippen LogP contribution is -2.22. The fraction of sp³-hybridized carbons (Fsp3) is 0.394. The van der Waals surface area contributed by atoms with E-state index in [1.54, 1.807) is 58.2 Å². The van der Waals surface area contributed by atoms with Crippen LogP contribution in [0.15, 0.2) is 43.0 Å². The van der Waals surface area contributed by atoms with Crippen LogP contribution in [0.1, 0.15) is 69.0 Å². The number of aryl methyl sites for hydroxylation is 1. The molecule has 0 bridgehead atoms. The largest absolute Gasteiger partial charge is 0.493 e. The van der Waals surface area contributed by atoms with Crippen molar-refractivity contribution >= 4 is 17.9 Å². The van der Waals surface area contributed by atoms with Gasteiger partial charge in [-0.25, -0.2) is 29.7 Å². The molecule has 3 aromatic heterocycles. The van der Waals surface area contributed by atoms with Crippen LogP contribution in [0.5, 0.6) is 11.6 Å². The summed E-state index contributed by atoms with van der Waals surface area (Å²) < 4.78 is 58.2. The number of halogens is 3. The van der Waals surface area contributed by atoms with Crippen molar-refractivity contribution in [1.29, 1.82) is 0 Å². The normalized spacial score (nSPS) is 13.6. The number of hydrogen-bond acceptors (Lipinski definition) is 10. The van der Waals surface area contributed by atoms with E-state index >= 15 is 0 Å². The molecular weight excluding hydrogens is 615 g/mol. The fourth-order valence-electron chi connectivity index (χ4n) is 4.86. The van der Waals surface area contributed by atoms with Gasteiger partial charge in [0.05, 0.1) is 25.0 Å². The van der Waals surface area contributed by atoms with E-state index in [-0.39, 0.29) is 18.3 Å². The number of rotatable bonds is 11. The summed E-state index contributed by atoms with van der Waals surface area (Å²) in [5.74, 6) is 1.34. The SMILES string of the molecule is CCOc1cc(CNc2nc(-c3c(OC)ncnc3C3CC3)ncc2/C=C/C(=O)OC(C)(C)C)ccc1-c1nc(C(F)(F)F)cn1C. The lowest BCUT2D eigenvalue weighted by molar-refractivity contribution is -0.148. The molecule has 248 valence electrons. The maximum absolute atomic E-state index is 13.3. The third kappa shape index (κ3) is 8.05. The predicted octanol–water partition coefficient (Wildman–Crippen LogP) is 6.60. The molecule has 11 nitrogen and oxygen atoms in total. The van der Waals surface area contributed by atoms with Crippen molar-refractivity contribution in [3.05, 3.63) is 65.5 Å². The Bertz CT molecular complexity index is 1790. The van der Waals surface area contributed by atoms with Gasteiger partial charge in [-0.15, -0.1) is 0 Å². The van der Waals surface area contributed by atoms with E-state index in [1.165, 1.54) is 31.1 Å². The molecule has 1 fully saturated rings. The van der Waals surface area contributed by atoms with Crippen LogP contribution in [-0.4, -0.2) is 54.8 Å². The zero-order valence-electron chi connectivity index (χ0n) is 27.0. The van der Waals surface area contributed by atoms with Crippen molar-refractivity contribution in [1.82, 2.24) is 29.5 Å². The Hall–Kier alpha value is -5.01. The number of ether oxygens (including phenoxy) is 3. The van der Waals surface area contributed by atoms with Gasteiger partial charge in [0.1, 0.15) is 34.9 Å². The van der Waals surface area contributed by atoms with Gasteiger partial charge in [-0.05, 0) is 64.3 Å². The molecule has 0 atom stereocenters. The van der Waals surface area contributed by atoms with Gasteiger partial charge >= 0.3 is 12.1 Å². The van der Waals surface area contributed by atoms with Crippen LogP contribution in [0.2, 0.25) is 0 Å². The third-order valence-corrected chi connectivity index (χ3v) is 7.06. The van der Waals surface area contributed by atoms with Crippen LogP contribution in [0, 0.1) is 0 Å². The molecule has 4 aromatic rings. The fourth-order valence-corrected chi connectivity index (χ4v) is 4.86. The zero-order valence-corrected chi connectivity index (χ0v) is 27.0. The number of methoxy groups -OCH3 is 1. The maximum atomic E-state index is 13.3. The number of esters is 1. The molecule has 0 saturated heterocycles. The smallest absolute Gasteiger partial charge is 0.434 e. The maximum Gasteiger partial charge on any atom is 0.434 e. The molecule has 0 aliphatic heterocycles. The van der Waals surface area contributed by atoms with Crippen molar-refractivity contribution in [3.8, 4) is 34.4 Å². The summed E-state index contributed by atoms with van der Waals surface area (Å²) in [7, 11) is 3.03. The Morgan fingerprint density at radius 3 is 2.53 bits per heavy atom. The molecule has 0 radical (unpaired) electrons. The van der Waals surface area contributed by atoms with E-state index in [2.05, 4.69) is 25.3 Å². The second kappa shape index (κ2) is 13.4. The number of alkyl halides is 3. The Kier molecular flexibility index (Phi) is 9.50. The molecule has 1 saturated carbocycles. The van der Waals surface area contributed by atoms with Crippen LogP contribution in [0.25, 0.3) is 28.9 Å². The van der Waals surface area contributed by atoms with Crippen molar-refractivity contribution in [3.63, 3.8) is 0 Å². The Labute approximate surface area is 270 Å². The zero-order chi connectivity index (χ0) is 33.9. The number of carbonyl (C=O) groups is 1. The minimum Gasteiger partial charge on any atom is -0.493 e. The first-order valence-electron chi connectivity index (χ1n) is 15.0. The Balaban J connectivity index is 1.49. The summed E-state index contributed by atoms with van der Waals surface area (Å²) in [6.07, 6.45) is 4.26. The summed E-state index contributed by atoms with van der Waals surface area (Å²) in [6.45, 7) is 7.66. The molecule has 1 N–H and O–H groups in total. The molecule has 1 aliphatic carbocycles. The average Bonchev–Trinajstić information content (AvgIpc) is 3.78. The first-order valence-corrected chi connectivity index (χ1v) is 15.0. The van der Waals surface area contributed by atoms with E-state index in [0.717, 1.165) is 30.3 Å². The van der Waals surface area contributed by atoms with Gasteiger partial charge in [0.2, 0.25) is 5.88 Å². The first kappa shape index (κ1) is 33.4. The van der Waals surface area contributed by atoms with Gasteiger partial charge in [0.25, 0.3) is 0 Å². The van der Waals surface area contributed by atoms with E-state index in [0.29, 0.717) is 46.6 Å². The van der Waals surface area contributed by atoms with Crippen molar-refractivity contribution in [2.75, 3.05) is 19.0 Å². The van der Waals surface area contributed by atoms with E-state index in [1.807, 2.05) is 0 Å². The molecule has 0 unspecified atom stereocenters. The number of hydrogen-bond donors (Lipinski definition) is 1. The predicted molar refractivity (Wildman–Crippen MR) is 169 cm³/mol. The highest BCUT2D eigenvalue weighted by Gasteiger charge is 2.35. The summed E-state index contributed by atoms with van der Waals surface area (Å²) in [5.41, 5.74) is 1.43. The number of anilines is 1. The number of nitrogens with zero attached hydrogens (tertiary/aromatic N) is 6. The molecule has 3 heterocycles. The van der Waals surface area contributed by atoms with Gasteiger partial charge in [-0.2, -0.15) is 13.2 Å². The minimum atomic E-state index is -4.58.